The van der Waals surface area contributed by atoms with Crippen LogP contribution in [0.2, 0.25) is 26.2 Å². The van der Waals surface area contributed by atoms with Gasteiger partial charge in [-0.2, -0.15) is 0 Å². The zero-order valence-corrected chi connectivity index (χ0v) is 17.5. The molecule has 8 nitrogen and oxygen atoms in total. The Morgan fingerprint density at radius 2 is 1.88 bits per heavy atom. The smallest absolute Gasteiger partial charge is 0.330 e. The zero-order valence-electron chi connectivity index (χ0n) is 15.5. The SMILES string of the molecule is C=C1C(n2ccc(=O)[nH]c2=O)O[C@H](C)[C@H]1O[Si](C)(C)O[Si](C)(C)OC. The standard InChI is InChI=1S/C15H26N2O6Si2/c1-10-13(22-25(6,7)23-24(4,5)20-3)11(2)21-14(10)17-9-8-12(18)16-15(17)19/h8-9,11,13-14H,1H2,2-7H3,(H,16,18,19)/t11-,13+,14?/m1/s1. The maximum Gasteiger partial charge on any atom is 0.330 e. The summed E-state index contributed by atoms with van der Waals surface area (Å²) in [4.78, 5) is 25.5. The predicted octanol–water partition coefficient (Wildman–Crippen LogP) is 1.46. The molecule has 1 aliphatic rings. The summed E-state index contributed by atoms with van der Waals surface area (Å²) < 4.78 is 25.0. The Morgan fingerprint density at radius 3 is 2.44 bits per heavy atom. The van der Waals surface area contributed by atoms with Crippen LogP contribution in [0.4, 0.5) is 0 Å². The summed E-state index contributed by atoms with van der Waals surface area (Å²) >= 11 is 0. The minimum absolute atomic E-state index is 0.306. The summed E-state index contributed by atoms with van der Waals surface area (Å²) in [5, 5.41) is 0. The van der Waals surface area contributed by atoms with Gasteiger partial charge in [0, 0.05) is 24.9 Å². The Labute approximate surface area is 148 Å². The summed E-state index contributed by atoms with van der Waals surface area (Å²) in [7, 11) is -3.13. The van der Waals surface area contributed by atoms with Crippen molar-refractivity contribution in [3.8, 4) is 0 Å². The molecule has 140 valence electrons. The number of H-pyrrole nitrogens is 1. The van der Waals surface area contributed by atoms with Crippen LogP contribution < -0.4 is 11.2 Å². The molecule has 3 atom stereocenters. The van der Waals surface area contributed by atoms with Crippen molar-refractivity contribution in [2.45, 2.75) is 51.5 Å². The maximum atomic E-state index is 12.0. The van der Waals surface area contributed by atoms with Crippen LogP contribution >= 0.6 is 0 Å². The van der Waals surface area contributed by atoms with Crippen LogP contribution in [-0.4, -0.2) is 46.0 Å². The Kier molecular flexibility index (Phi) is 5.71. The second kappa shape index (κ2) is 7.13. The Balaban J connectivity index is 2.20. The van der Waals surface area contributed by atoms with E-state index in [1.54, 1.807) is 7.11 Å². The number of nitrogens with zero attached hydrogens (tertiary/aromatic N) is 1. The summed E-state index contributed by atoms with van der Waals surface area (Å²) in [6, 6.07) is 1.27. The molecule has 1 aromatic rings. The Hall–Kier alpha value is -1.31. The second-order valence-electron chi connectivity index (χ2n) is 6.93. The van der Waals surface area contributed by atoms with Gasteiger partial charge in [0.2, 0.25) is 0 Å². The molecule has 0 aliphatic carbocycles. The quantitative estimate of drug-likeness (QED) is 0.588. The van der Waals surface area contributed by atoms with E-state index in [0.717, 1.165) is 0 Å². The number of nitrogens with one attached hydrogen (secondary N) is 1. The first-order valence-electron chi connectivity index (χ1n) is 8.04. The number of aromatic amines is 1. The number of hydrogen-bond acceptors (Lipinski definition) is 6. The molecule has 1 aliphatic heterocycles. The Morgan fingerprint density at radius 1 is 1.24 bits per heavy atom. The predicted molar refractivity (Wildman–Crippen MR) is 98.0 cm³/mol. The van der Waals surface area contributed by atoms with E-state index in [0.29, 0.717) is 5.57 Å². The molecule has 1 saturated heterocycles. The molecule has 0 radical (unpaired) electrons. The summed E-state index contributed by atoms with van der Waals surface area (Å²) in [5.74, 6) is 0. The highest BCUT2D eigenvalue weighted by Gasteiger charge is 2.44. The third-order valence-corrected chi connectivity index (χ3v) is 9.69. The molecule has 25 heavy (non-hydrogen) atoms. The van der Waals surface area contributed by atoms with E-state index >= 15 is 0 Å². The van der Waals surface area contributed by atoms with Crippen molar-refractivity contribution in [3.05, 3.63) is 45.3 Å². The van der Waals surface area contributed by atoms with Gasteiger partial charge in [-0.3, -0.25) is 14.3 Å². The van der Waals surface area contributed by atoms with E-state index in [9.17, 15) is 9.59 Å². The van der Waals surface area contributed by atoms with Crippen molar-refractivity contribution in [1.82, 2.24) is 9.55 Å². The van der Waals surface area contributed by atoms with Crippen LogP contribution in [0.3, 0.4) is 0 Å². The lowest BCUT2D eigenvalue weighted by Gasteiger charge is -2.34. The molecule has 1 unspecified atom stereocenters. The molecule has 1 fully saturated rings. The topological polar surface area (TPSA) is 91.8 Å². The van der Waals surface area contributed by atoms with Crippen LogP contribution in [0.15, 0.2) is 34.0 Å². The lowest BCUT2D eigenvalue weighted by molar-refractivity contribution is -0.00781. The molecule has 10 heteroatoms. The summed E-state index contributed by atoms with van der Waals surface area (Å²) in [6.45, 7) is 13.7. The third kappa shape index (κ3) is 4.65. The molecule has 1 N–H and O–H groups in total. The highest BCUT2D eigenvalue weighted by molar-refractivity contribution is 6.78. The van der Waals surface area contributed by atoms with Gasteiger partial charge in [0.15, 0.2) is 6.23 Å². The highest BCUT2D eigenvalue weighted by atomic mass is 28.5. The summed E-state index contributed by atoms with van der Waals surface area (Å²) in [6.07, 6.45) is -0.0143. The van der Waals surface area contributed by atoms with E-state index < -0.39 is 40.7 Å². The van der Waals surface area contributed by atoms with E-state index in [-0.39, 0.29) is 6.10 Å². The monoisotopic (exact) mass is 386 g/mol. The molecule has 2 rings (SSSR count). The fraction of sp³-hybridized carbons (Fsp3) is 0.600. The lowest BCUT2D eigenvalue weighted by atomic mass is 10.1. The molecule has 2 heterocycles. The van der Waals surface area contributed by atoms with Gasteiger partial charge in [-0.05, 0) is 33.1 Å². The molecule has 0 amide bonds. The molecule has 0 saturated carbocycles. The highest BCUT2D eigenvalue weighted by Crippen LogP contribution is 2.36. The molecule has 0 bridgehead atoms. The Bertz CT molecular complexity index is 757. The van der Waals surface area contributed by atoms with Gasteiger partial charge in [-0.15, -0.1) is 0 Å². The minimum Gasteiger partial charge on any atom is -0.415 e. The molecular weight excluding hydrogens is 360 g/mol. The lowest BCUT2D eigenvalue weighted by Crippen LogP contribution is -2.50. The van der Waals surface area contributed by atoms with Crippen molar-refractivity contribution >= 4 is 17.1 Å². The van der Waals surface area contributed by atoms with E-state index in [1.165, 1.54) is 16.8 Å². The molecular formula is C15H26N2O6Si2. The zero-order chi connectivity index (χ0) is 19.0. The van der Waals surface area contributed by atoms with Gasteiger partial charge < -0.3 is 17.7 Å². The number of rotatable bonds is 6. The van der Waals surface area contributed by atoms with Crippen molar-refractivity contribution < 1.29 is 17.7 Å². The third-order valence-electron chi connectivity index (χ3n) is 3.95. The van der Waals surface area contributed by atoms with Gasteiger partial charge >= 0.3 is 22.8 Å². The molecule has 0 spiro atoms. The van der Waals surface area contributed by atoms with Crippen molar-refractivity contribution in [1.29, 1.82) is 0 Å². The summed E-state index contributed by atoms with van der Waals surface area (Å²) in [5.41, 5.74) is -0.394. The normalized spacial score (nSPS) is 24.7. The van der Waals surface area contributed by atoms with Gasteiger partial charge in [0.1, 0.15) is 0 Å². The van der Waals surface area contributed by atoms with E-state index in [4.69, 9.17) is 17.7 Å². The first-order chi connectivity index (χ1) is 11.5. The van der Waals surface area contributed by atoms with E-state index in [1.807, 2.05) is 33.1 Å². The van der Waals surface area contributed by atoms with E-state index in [2.05, 4.69) is 11.6 Å². The molecule has 0 aromatic carbocycles. The number of hydrogen-bond donors (Lipinski definition) is 1. The van der Waals surface area contributed by atoms with Crippen molar-refractivity contribution in [3.63, 3.8) is 0 Å². The van der Waals surface area contributed by atoms with Crippen LogP contribution in [0.5, 0.6) is 0 Å². The molecule has 1 aromatic heterocycles. The second-order valence-corrected chi connectivity index (χ2v) is 14.0. The van der Waals surface area contributed by atoms with Gasteiger partial charge in [0.05, 0.1) is 12.2 Å². The van der Waals surface area contributed by atoms with Gasteiger partial charge in [0.25, 0.3) is 5.56 Å². The van der Waals surface area contributed by atoms with Crippen LogP contribution in [0.1, 0.15) is 13.2 Å². The van der Waals surface area contributed by atoms with Crippen LogP contribution in [0.25, 0.3) is 0 Å². The van der Waals surface area contributed by atoms with Gasteiger partial charge in [-0.1, -0.05) is 6.58 Å². The van der Waals surface area contributed by atoms with Crippen LogP contribution in [0, 0.1) is 0 Å². The van der Waals surface area contributed by atoms with Crippen molar-refractivity contribution in [2.24, 2.45) is 0 Å². The first-order valence-corrected chi connectivity index (χ1v) is 13.7. The minimum atomic E-state index is -2.51. The first kappa shape index (κ1) is 20.0. The maximum absolute atomic E-state index is 12.0. The average Bonchev–Trinajstić information content (AvgIpc) is 2.74. The van der Waals surface area contributed by atoms with Crippen molar-refractivity contribution in [2.75, 3.05) is 7.11 Å². The number of ether oxygens (including phenoxy) is 1. The largest absolute Gasteiger partial charge is 0.415 e. The fourth-order valence-corrected chi connectivity index (χ4v) is 9.01. The number of aromatic nitrogens is 2. The average molecular weight is 387 g/mol. The van der Waals surface area contributed by atoms with Crippen LogP contribution in [-0.2, 0) is 17.7 Å². The van der Waals surface area contributed by atoms with Gasteiger partial charge in [-0.25, -0.2) is 4.79 Å². The fourth-order valence-electron chi connectivity index (χ4n) is 2.80.